The van der Waals surface area contributed by atoms with Gasteiger partial charge in [0.2, 0.25) is 0 Å². The molecule has 4 aromatic carbocycles. The van der Waals surface area contributed by atoms with Crippen molar-refractivity contribution in [1.82, 2.24) is 10.6 Å². The van der Waals surface area contributed by atoms with E-state index < -0.39 is 0 Å². The van der Waals surface area contributed by atoms with E-state index in [4.69, 9.17) is 4.74 Å². The molecule has 4 heteroatoms. The second kappa shape index (κ2) is 11.2. The van der Waals surface area contributed by atoms with Crippen molar-refractivity contribution in [3.8, 4) is 16.9 Å². The SMILES string of the molecule is C[C@@H](NCCC1Cc2cc(OCc3ccccc3-c3ccccc3)ccc2C(=O)N1)c1ccccc1. The predicted molar refractivity (Wildman–Crippen MR) is 145 cm³/mol. The molecule has 0 bridgehead atoms. The fourth-order valence-electron chi connectivity index (χ4n) is 4.84. The second-order valence-corrected chi connectivity index (χ2v) is 9.38. The molecule has 2 N–H and O–H groups in total. The van der Waals surface area contributed by atoms with E-state index in [0.29, 0.717) is 6.61 Å². The van der Waals surface area contributed by atoms with E-state index in [1.165, 1.54) is 16.7 Å². The minimum absolute atomic E-state index is 0.00155. The molecule has 1 amide bonds. The summed E-state index contributed by atoms with van der Waals surface area (Å²) in [4.78, 5) is 12.7. The van der Waals surface area contributed by atoms with Crippen molar-refractivity contribution in [3.63, 3.8) is 0 Å². The molecular formula is C32H32N2O2. The van der Waals surface area contributed by atoms with Crippen molar-refractivity contribution in [3.05, 3.63) is 125 Å². The molecule has 4 aromatic rings. The smallest absolute Gasteiger partial charge is 0.251 e. The lowest BCUT2D eigenvalue weighted by atomic mass is 9.93. The Hall–Kier alpha value is -3.89. The van der Waals surface area contributed by atoms with Gasteiger partial charge in [-0.3, -0.25) is 4.79 Å². The maximum absolute atomic E-state index is 12.7. The molecule has 0 spiro atoms. The Balaban J connectivity index is 1.21. The minimum Gasteiger partial charge on any atom is -0.489 e. The van der Waals surface area contributed by atoms with Crippen LogP contribution < -0.4 is 15.4 Å². The monoisotopic (exact) mass is 476 g/mol. The highest BCUT2D eigenvalue weighted by atomic mass is 16.5. The minimum atomic E-state index is -0.00155. The largest absolute Gasteiger partial charge is 0.489 e. The zero-order chi connectivity index (χ0) is 24.7. The third-order valence-corrected chi connectivity index (χ3v) is 6.86. The zero-order valence-electron chi connectivity index (χ0n) is 20.6. The Bertz CT molecular complexity index is 1300. The molecule has 5 rings (SSSR count). The quantitative estimate of drug-likeness (QED) is 0.297. The summed E-state index contributed by atoms with van der Waals surface area (Å²) in [6.45, 7) is 3.48. The van der Waals surface area contributed by atoms with Crippen molar-refractivity contribution >= 4 is 5.91 Å². The van der Waals surface area contributed by atoms with Gasteiger partial charge in [0.1, 0.15) is 12.4 Å². The average Bonchev–Trinajstić information content (AvgIpc) is 2.93. The van der Waals surface area contributed by atoms with Crippen molar-refractivity contribution in [1.29, 1.82) is 0 Å². The van der Waals surface area contributed by atoms with Gasteiger partial charge in [-0.1, -0.05) is 84.9 Å². The van der Waals surface area contributed by atoms with Gasteiger partial charge in [-0.2, -0.15) is 0 Å². The Kier molecular flexibility index (Phi) is 7.44. The van der Waals surface area contributed by atoms with Gasteiger partial charge in [0.25, 0.3) is 5.91 Å². The summed E-state index contributed by atoms with van der Waals surface area (Å²) < 4.78 is 6.21. The summed E-state index contributed by atoms with van der Waals surface area (Å²) in [6.07, 6.45) is 1.68. The first kappa shape index (κ1) is 23.8. The molecule has 0 radical (unpaired) electrons. The number of rotatable bonds is 9. The molecule has 1 aliphatic heterocycles. The Morgan fingerprint density at radius 1 is 0.889 bits per heavy atom. The highest BCUT2D eigenvalue weighted by Crippen LogP contribution is 2.27. The van der Waals surface area contributed by atoms with Gasteiger partial charge in [0.15, 0.2) is 0 Å². The summed E-state index contributed by atoms with van der Waals surface area (Å²) >= 11 is 0. The first-order valence-electron chi connectivity index (χ1n) is 12.7. The Labute approximate surface area is 213 Å². The lowest BCUT2D eigenvalue weighted by Gasteiger charge is -2.27. The molecule has 1 heterocycles. The number of nitrogens with one attached hydrogen (secondary N) is 2. The van der Waals surface area contributed by atoms with Gasteiger partial charge in [-0.05, 0) is 72.3 Å². The topological polar surface area (TPSA) is 50.4 Å². The number of amides is 1. The summed E-state index contributed by atoms with van der Waals surface area (Å²) in [5.74, 6) is 0.791. The average molecular weight is 477 g/mol. The van der Waals surface area contributed by atoms with Crippen LogP contribution in [0.4, 0.5) is 0 Å². The lowest BCUT2D eigenvalue weighted by Crippen LogP contribution is -2.43. The molecule has 1 aliphatic rings. The Morgan fingerprint density at radius 2 is 1.61 bits per heavy atom. The van der Waals surface area contributed by atoms with E-state index in [-0.39, 0.29) is 18.0 Å². The van der Waals surface area contributed by atoms with Crippen LogP contribution in [-0.4, -0.2) is 18.5 Å². The van der Waals surface area contributed by atoms with Crippen LogP contribution >= 0.6 is 0 Å². The van der Waals surface area contributed by atoms with Crippen LogP contribution in [-0.2, 0) is 13.0 Å². The van der Waals surface area contributed by atoms with E-state index in [0.717, 1.165) is 41.8 Å². The van der Waals surface area contributed by atoms with Crippen LogP contribution in [0.1, 0.15) is 46.4 Å². The van der Waals surface area contributed by atoms with E-state index in [1.54, 1.807) is 0 Å². The molecule has 182 valence electrons. The van der Waals surface area contributed by atoms with Crippen molar-refractivity contribution < 1.29 is 9.53 Å². The number of hydrogen-bond acceptors (Lipinski definition) is 3. The zero-order valence-corrected chi connectivity index (χ0v) is 20.6. The summed E-state index contributed by atoms with van der Waals surface area (Å²) in [7, 11) is 0. The number of carbonyl (C=O) groups is 1. The van der Waals surface area contributed by atoms with Crippen LogP contribution in [0.2, 0.25) is 0 Å². The summed E-state index contributed by atoms with van der Waals surface area (Å²) in [6, 6.07) is 35.3. The van der Waals surface area contributed by atoms with Crippen molar-refractivity contribution in [2.75, 3.05) is 6.54 Å². The molecule has 4 nitrogen and oxygen atoms in total. The van der Waals surface area contributed by atoms with Gasteiger partial charge >= 0.3 is 0 Å². The number of benzene rings is 4. The highest BCUT2D eigenvalue weighted by Gasteiger charge is 2.24. The Morgan fingerprint density at radius 3 is 2.42 bits per heavy atom. The van der Waals surface area contributed by atoms with E-state index >= 15 is 0 Å². The number of ether oxygens (including phenoxy) is 1. The van der Waals surface area contributed by atoms with E-state index in [9.17, 15) is 4.79 Å². The predicted octanol–water partition coefficient (Wildman–Crippen LogP) is 6.33. The van der Waals surface area contributed by atoms with Crippen LogP contribution in [0, 0.1) is 0 Å². The van der Waals surface area contributed by atoms with Gasteiger partial charge in [-0.25, -0.2) is 0 Å². The number of hydrogen-bond donors (Lipinski definition) is 2. The lowest BCUT2D eigenvalue weighted by molar-refractivity contribution is 0.0922. The standard InChI is InChI=1S/C32H32N2O2/c1-23(24-10-4-2-5-11-24)33-19-18-28-20-27-21-29(16-17-31(27)32(35)34-28)36-22-26-14-8-9-15-30(26)25-12-6-3-7-13-25/h2-17,21,23,28,33H,18-20,22H2,1H3,(H,34,35)/t23-,28?/m1/s1. The third-order valence-electron chi connectivity index (χ3n) is 6.86. The molecule has 0 aromatic heterocycles. The van der Waals surface area contributed by atoms with E-state index in [1.807, 2.05) is 36.4 Å². The number of fused-ring (bicyclic) bond motifs is 1. The maximum Gasteiger partial charge on any atom is 0.251 e. The van der Waals surface area contributed by atoms with Crippen LogP contribution in [0.3, 0.4) is 0 Å². The van der Waals surface area contributed by atoms with Crippen LogP contribution in [0.15, 0.2) is 103 Å². The second-order valence-electron chi connectivity index (χ2n) is 9.38. The van der Waals surface area contributed by atoms with Gasteiger partial charge in [0, 0.05) is 17.6 Å². The van der Waals surface area contributed by atoms with Gasteiger partial charge in [-0.15, -0.1) is 0 Å². The molecular weight excluding hydrogens is 444 g/mol. The van der Waals surface area contributed by atoms with Gasteiger partial charge in [0.05, 0.1) is 0 Å². The summed E-state index contributed by atoms with van der Waals surface area (Å²) in [5, 5.41) is 6.75. The molecule has 2 atom stereocenters. The summed E-state index contributed by atoms with van der Waals surface area (Å²) in [5.41, 5.74) is 6.55. The first-order chi connectivity index (χ1) is 17.7. The highest BCUT2D eigenvalue weighted by molar-refractivity contribution is 5.97. The van der Waals surface area contributed by atoms with E-state index in [2.05, 4.69) is 84.3 Å². The van der Waals surface area contributed by atoms with Crippen molar-refractivity contribution in [2.24, 2.45) is 0 Å². The fourth-order valence-corrected chi connectivity index (χ4v) is 4.84. The number of carbonyl (C=O) groups excluding carboxylic acids is 1. The van der Waals surface area contributed by atoms with Gasteiger partial charge < -0.3 is 15.4 Å². The molecule has 0 fully saturated rings. The molecule has 1 unspecified atom stereocenters. The molecule has 36 heavy (non-hydrogen) atoms. The molecule has 0 aliphatic carbocycles. The van der Waals surface area contributed by atoms with Crippen LogP contribution in [0.5, 0.6) is 5.75 Å². The molecule has 0 saturated carbocycles. The maximum atomic E-state index is 12.7. The molecule has 0 saturated heterocycles. The normalized spacial score (nSPS) is 15.6. The first-order valence-corrected chi connectivity index (χ1v) is 12.7. The van der Waals surface area contributed by atoms with Crippen LogP contribution in [0.25, 0.3) is 11.1 Å². The third kappa shape index (κ3) is 5.67. The fraction of sp³-hybridized carbons (Fsp3) is 0.219. The van der Waals surface area contributed by atoms with Crippen molar-refractivity contribution in [2.45, 2.75) is 38.5 Å².